The zero-order chi connectivity index (χ0) is 11.4. The molecular weight excluding hydrogens is 216 g/mol. The molecule has 0 unspecified atom stereocenters. The van der Waals surface area contributed by atoms with E-state index in [1.54, 1.807) is 19.1 Å². The molecule has 15 heavy (non-hydrogen) atoms. The summed E-state index contributed by atoms with van der Waals surface area (Å²) in [6, 6.07) is 4.66. The number of nitrogens with one attached hydrogen (secondary N) is 1. The van der Waals surface area contributed by atoms with E-state index in [2.05, 4.69) is 5.32 Å². The van der Waals surface area contributed by atoms with Gasteiger partial charge in [0.2, 0.25) is 0 Å². The summed E-state index contributed by atoms with van der Waals surface area (Å²) in [5.41, 5.74) is 6.35. The van der Waals surface area contributed by atoms with Crippen LogP contribution in [0.2, 0.25) is 5.02 Å². The topological polar surface area (TPSA) is 75.3 Å². The molecule has 0 aromatic heterocycles. The second-order valence-electron chi connectivity index (χ2n) is 3.30. The van der Waals surface area contributed by atoms with Crippen molar-refractivity contribution in [1.29, 1.82) is 0 Å². The first-order valence-electron chi connectivity index (χ1n) is 4.52. The number of benzene rings is 1. The third-order valence-corrected chi connectivity index (χ3v) is 2.11. The lowest BCUT2D eigenvalue weighted by Crippen LogP contribution is -2.30. The maximum Gasteiger partial charge on any atom is 0.252 e. The summed E-state index contributed by atoms with van der Waals surface area (Å²) in [7, 11) is 0. The second kappa shape index (κ2) is 5.00. The lowest BCUT2D eigenvalue weighted by Gasteiger charge is -2.08. The highest BCUT2D eigenvalue weighted by Gasteiger charge is 2.10. The van der Waals surface area contributed by atoms with Crippen LogP contribution in [0.1, 0.15) is 17.3 Å². The Bertz CT molecular complexity index is 366. The summed E-state index contributed by atoms with van der Waals surface area (Å²) in [5, 5.41) is 11.8. The van der Waals surface area contributed by atoms with Crippen molar-refractivity contribution in [2.75, 3.05) is 12.3 Å². The summed E-state index contributed by atoms with van der Waals surface area (Å²) >= 11 is 5.84. The Labute approximate surface area is 93.0 Å². The lowest BCUT2D eigenvalue weighted by molar-refractivity contribution is 0.0924. The van der Waals surface area contributed by atoms with Crippen LogP contribution in [0.25, 0.3) is 0 Å². The van der Waals surface area contributed by atoms with Gasteiger partial charge in [0.15, 0.2) is 0 Å². The van der Waals surface area contributed by atoms with Crippen molar-refractivity contribution in [1.82, 2.24) is 5.32 Å². The maximum atomic E-state index is 11.5. The molecule has 5 heteroatoms. The molecule has 0 heterocycles. The van der Waals surface area contributed by atoms with E-state index in [9.17, 15) is 4.79 Å². The third kappa shape index (κ3) is 3.42. The van der Waals surface area contributed by atoms with Crippen LogP contribution in [0.3, 0.4) is 0 Å². The van der Waals surface area contributed by atoms with E-state index in [0.29, 0.717) is 16.3 Å². The van der Waals surface area contributed by atoms with Gasteiger partial charge >= 0.3 is 0 Å². The molecule has 0 aliphatic heterocycles. The lowest BCUT2D eigenvalue weighted by atomic mass is 10.2. The number of amides is 1. The van der Waals surface area contributed by atoms with Crippen molar-refractivity contribution in [3.8, 4) is 0 Å². The highest BCUT2D eigenvalue weighted by Crippen LogP contribution is 2.18. The summed E-state index contributed by atoms with van der Waals surface area (Å²) in [4.78, 5) is 11.5. The number of carbonyl (C=O) groups is 1. The van der Waals surface area contributed by atoms with Gasteiger partial charge in [0.1, 0.15) is 0 Å². The average Bonchev–Trinajstić information content (AvgIpc) is 2.14. The smallest absolute Gasteiger partial charge is 0.252 e. The van der Waals surface area contributed by atoms with Crippen LogP contribution in [-0.2, 0) is 0 Å². The Morgan fingerprint density at radius 3 is 2.87 bits per heavy atom. The number of halogens is 1. The van der Waals surface area contributed by atoms with E-state index in [0.717, 1.165) is 0 Å². The van der Waals surface area contributed by atoms with Crippen molar-refractivity contribution in [3.05, 3.63) is 28.8 Å². The molecule has 1 aromatic rings. The van der Waals surface area contributed by atoms with Crippen molar-refractivity contribution < 1.29 is 9.90 Å². The first-order valence-corrected chi connectivity index (χ1v) is 4.90. The van der Waals surface area contributed by atoms with Crippen LogP contribution in [0.4, 0.5) is 5.69 Å². The summed E-state index contributed by atoms with van der Waals surface area (Å²) < 4.78 is 0. The van der Waals surface area contributed by atoms with E-state index in [-0.39, 0.29) is 12.5 Å². The molecular formula is C10H13ClN2O2. The fraction of sp³-hybridized carbons (Fsp3) is 0.300. The number of aliphatic hydroxyl groups excluding tert-OH is 1. The summed E-state index contributed by atoms with van der Waals surface area (Å²) in [6.07, 6.45) is -0.582. The molecule has 82 valence electrons. The minimum Gasteiger partial charge on any atom is -0.399 e. The van der Waals surface area contributed by atoms with Crippen LogP contribution >= 0.6 is 11.6 Å². The van der Waals surface area contributed by atoms with Gasteiger partial charge in [-0.1, -0.05) is 11.6 Å². The molecule has 0 saturated heterocycles. The number of nitrogen functional groups attached to an aromatic ring is 1. The monoisotopic (exact) mass is 228 g/mol. The van der Waals surface area contributed by atoms with Crippen LogP contribution in [0.15, 0.2) is 18.2 Å². The second-order valence-corrected chi connectivity index (χ2v) is 3.71. The van der Waals surface area contributed by atoms with Gasteiger partial charge in [0, 0.05) is 12.2 Å². The Hall–Kier alpha value is -1.26. The van der Waals surface area contributed by atoms with Gasteiger partial charge in [0.25, 0.3) is 5.91 Å². The number of carbonyl (C=O) groups excluding carboxylic acids is 1. The quantitative estimate of drug-likeness (QED) is 0.677. The van der Waals surface area contributed by atoms with Crippen molar-refractivity contribution in [2.24, 2.45) is 0 Å². The number of nitrogens with two attached hydrogens (primary N) is 1. The van der Waals surface area contributed by atoms with Crippen molar-refractivity contribution >= 4 is 23.2 Å². The molecule has 0 radical (unpaired) electrons. The zero-order valence-electron chi connectivity index (χ0n) is 8.33. The minimum absolute atomic E-state index is 0.194. The number of rotatable bonds is 3. The highest BCUT2D eigenvalue weighted by molar-refractivity contribution is 6.34. The predicted molar refractivity (Wildman–Crippen MR) is 59.9 cm³/mol. The molecule has 1 rings (SSSR count). The van der Waals surface area contributed by atoms with Gasteiger partial charge in [0.05, 0.1) is 16.7 Å². The standard InChI is InChI=1S/C10H13ClN2O2/c1-6(14)5-13-10(15)8-3-2-7(12)4-9(8)11/h2-4,6,14H,5,12H2,1H3,(H,13,15)/t6-/m1/s1. The highest BCUT2D eigenvalue weighted by atomic mass is 35.5. The summed E-state index contributed by atoms with van der Waals surface area (Å²) in [5.74, 6) is -0.319. The molecule has 1 amide bonds. The molecule has 1 aromatic carbocycles. The predicted octanol–water partition coefficient (Wildman–Crippen LogP) is 1.03. The van der Waals surface area contributed by atoms with Gasteiger partial charge in [-0.2, -0.15) is 0 Å². The fourth-order valence-corrected chi connectivity index (χ4v) is 1.33. The number of hydrogen-bond acceptors (Lipinski definition) is 3. The largest absolute Gasteiger partial charge is 0.399 e. The normalized spacial score (nSPS) is 12.2. The van der Waals surface area contributed by atoms with E-state index >= 15 is 0 Å². The molecule has 0 aliphatic carbocycles. The first-order chi connectivity index (χ1) is 7.00. The van der Waals surface area contributed by atoms with Crippen LogP contribution in [-0.4, -0.2) is 23.7 Å². The van der Waals surface area contributed by atoms with E-state index in [1.807, 2.05) is 0 Å². The zero-order valence-corrected chi connectivity index (χ0v) is 9.08. The molecule has 0 fully saturated rings. The van der Waals surface area contributed by atoms with Gasteiger partial charge in [-0.25, -0.2) is 0 Å². The van der Waals surface area contributed by atoms with Crippen molar-refractivity contribution in [3.63, 3.8) is 0 Å². The number of anilines is 1. The average molecular weight is 229 g/mol. The molecule has 1 atom stereocenters. The third-order valence-electron chi connectivity index (χ3n) is 1.80. The maximum absolute atomic E-state index is 11.5. The first kappa shape index (κ1) is 11.8. The number of aliphatic hydroxyl groups is 1. The van der Waals surface area contributed by atoms with Gasteiger partial charge in [-0.05, 0) is 25.1 Å². The van der Waals surface area contributed by atoms with Crippen molar-refractivity contribution in [2.45, 2.75) is 13.0 Å². The Kier molecular flexibility index (Phi) is 3.94. The fourth-order valence-electron chi connectivity index (χ4n) is 1.05. The van der Waals surface area contributed by atoms with Gasteiger partial charge < -0.3 is 16.2 Å². The Morgan fingerprint density at radius 1 is 1.67 bits per heavy atom. The molecule has 4 nitrogen and oxygen atoms in total. The van der Waals surface area contributed by atoms with Crippen LogP contribution in [0.5, 0.6) is 0 Å². The SMILES string of the molecule is C[C@@H](O)CNC(=O)c1ccc(N)cc1Cl. The molecule has 0 saturated carbocycles. The molecule has 0 spiro atoms. The molecule has 0 bridgehead atoms. The minimum atomic E-state index is -0.582. The van der Waals surface area contributed by atoms with Crippen LogP contribution in [0, 0.1) is 0 Å². The van der Waals surface area contributed by atoms with E-state index in [4.69, 9.17) is 22.4 Å². The van der Waals surface area contributed by atoms with Gasteiger partial charge in [-0.3, -0.25) is 4.79 Å². The van der Waals surface area contributed by atoms with Crippen LogP contribution < -0.4 is 11.1 Å². The van der Waals surface area contributed by atoms with E-state index < -0.39 is 6.10 Å². The van der Waals surface area contributed by atoms with E-state index in [1.165, 1.54) is 6.07 Å². The Morgan fingerprint density at radius 2 is 2.33 bits per heavy atom. The molecule has 4 N–H and O–H groups in total. The Balaban J connectivity index is 2.74. The number of hydrogen-bond donors (Lipinski definition) is 3. The molecule has 0 aliphatic rings. The van der Waals surface area contributed by atoms with Gasteiger partial charge in [-0.15, -0.1) is 0 Å². The summed E-state index contributed by atoms with van der Waals surface area (Å²) in [6.45, 7) is 1.78.